The number of nitriles is 1. The van der Waals surface area contributed by atoms with E-state index >= 15 is 0 Å². The summed E-state index contributed by atoms with van der Waals surface area (Å²) in [5, 5.41) is 12.4. The molecule has 0 saturated heterocycles. The third-order valence-corrected chi connectivity index (χ3v) is 3.75. The number of hydrogen-bond acceptors (Lipinski definition) is 3. The van der Waals surface area contributed by atoms with Gasteiger partial charge in [0.2, 0.25) is 0 Å². The fourth-order valence-corrected chi connectivity index (χ4v) is 2.38. The Kier molecular flexibility index (Phi) is 11.8. The van der Waals surface area contributed by atoms with Crippen molar-refractivity contribution in [1.29, 1.82) is 5.26 Å². The van der Waals surface area contributed by atoms with Crippen LogP contribution in [0.1, 0.15) is 79.1 Å². The van der Waals surface area contributed by atoms with Crippen molar-refractivity contribution in [2.24, 2.45) is 0 Å². The fraction of sp³-hybridized carbons (Fsp3) is 0.941. The first-order valence-corrected chi connectivity index (χ1v) is 8.35. The van der Waals surface area contributed by atoms with Gasteiger partial charge < -0.3 is 4.74 Å². The zero-order valence-corrected chi connectivity index (χ0v) is 14.0. The lowest BCUT2D eigenvalue weighted by atomic mass is 9.97. The minimum atomic E-state index is -0.374. The lowest BCUT2D eigenvalue weighted by Gasteiger charge is -2.22. The largest absolute Gasteiger partial charge is 0.379 e. The van der Waals surface area contributed by atoms with Crippen LogP contribution in [0.25, 0.3) is 0 Å². The van der Waals surface area contributed by atoms with Crippen molar-refractivity contribution >= 4 is 0 Å². The molecule has 0 aliphatic heterocycles. The number of nitrogens with one attached hydrogen (secondary N) is 1. The molecule has 0 bridgehead atoms. The summed E-state index contributed by atoms with van der Waals surface area (Å²) in [6, 6.07) is 2.37. The molecule has 20 heavy (non-hydrogen) atoms. The maximum absolute atomic E-state index is 9.16. The Morgan fingerprint density at radius 2 is 1.90 bits per heavy atom. The van der Waals surface area contributed by atoms with Crippen LogP contribution in [0.4, 0.5) is 0 Å². The number of ether oxygens (including phenoxy) is 1. The van der Waals surface area contributed by atoms with E-state index in [2.05, 4.69) is 25.2 Å². The zero-order valence-electron chi connectivity index (χ0n) is 14.0. The molecule has 1 N–H and O–H groups in total. The average Bonchev–Trinajstić information content (AvgIpc) is 2.43. The van der Waals surface area contributed by atoms with Crippen LogP contribution in [-0.4, -0.2) is 24.8 Å². The topological polar surface area (TPSA) is 45.0 Å². The molecule has 0 spiro atoms. The zero-order chi connectivity index (χ0) is 15.3. The molecule has 0 aliphatic carbocycles. The molecule has 2 atom stereocenters. The number of rotatable bonds is 13. The molecule has 0 rings (SSSR count). The van der Waals surface area contributed by atoms with Gasteiger partial charge in [0, 0.05) is 6.61 Å². The van der Waals surface area contributed by atoms with Crippen LogP contribution in [0.15, 0.2) is 0 Å². The predicted octanol–water partition coefficient (Wildman–Crippen LogP) is 4.42. The predicted molar refractivity (Wildman–Crippen MR) is 85.7 cm³/mol. The van der Waals surface area contributed by atoms with E-state index in [1.165, 1.54) is 32.1 Å². The molecular formula is C17H34N2O. The Balaban J connectivity index is 3.54. The summed E-state index contributed by atoms with van der Waals surface area (Å²) in [7, 11) is 0. The minimum Gasteiger partial charge on any atom is -0.379 e. The van der Waals surface area contributed by atoms with Gasteiger partial charge in [-0.25, -0.2) is 0 Å². The van der Waals surface area contributed by atoms with Crippen molar-refractivity contribution in [3.05, 3.63) is 0 Å². The maximum atomic E-state index is 9.16. The van der Waals surface area contributed by atoms with E-state index in [1.54, 1.807) is 0 Å². The van der Waals surface area contributed by atoms with E-state index < -0.39 is 0 Å². The van der Waals surface area contributed by atoms with E-state index in [4.69, 9.17) is 10.00 Å². The van der Waals surface area contributed by atoms with Gasteiger partial charge in [-0.15, -0.1) is 0 Å². The Bertz CT molecular complexity index is 262. The first kappa shape index (κ1) is 19.4. The van der Waals surface area contributed by atoms with E-state index in [0.717, 1.165) is 32.4 Å². The molecule has 0 amide bonds. The highest BCUT2D eigenvalue weighted by atomic mass is 16.5. The van der Waals surface area contributed by atoms with Crippen molar-refractivity contribution < 1.29 is 4.74 Å². The van der Waals surface area contributed by atoms with E-state index in [9.17, 15) is 0 Å². The minimum absolute atomic E-state index is 0.374. The highest BCUT2D eigenvalue weighted by molar-refractivity contribution is 5.03. The smallest absolute Gasteiger partial charge is 0.103 e. The maximum Gasteiger partial charge on any atom is 0.103 e. The van der Waals surface area contributed by atoms with Crippen molar-refractivity contribution in [1.82, 2.24) is 5.32 Å². The van der Waals surface area contributed by atoms with Gasteiger partial charge >= 0.3 is 0 Å². The van der Waals surface area contributed by atoms with E-state index in [-0.39, 0.29) is 5.54 Å². The summed E-state index contributed by atoms with van der Waals surface area (Å²) in [6.45, 7) is 10.1. The average molecular weight is 282 g/mol. The van der Waals surface area contributed by atoms with Crippen LogP contribution >= 0.6 is 0 Å². The third-order valence-electron chi connectivity index (χ3n) is 3.75. The molecule has 0 heterocycles. The van der Waals surface area contributed by atoms with Crippen molar-refractivity contribution in [2.75, 3.05) is 13.2 Å². The molecule has 3 nitrogen and oxygen atoms in total. The van der Waals surface area contributed by atoms with Gasteiger partial charge in [-0.1, -0.05) is 39.5 Å². The molecule has 2 unspecified atom stereocenters. The Labute approximate surface area is 126 Å². The number of unbranched alkanes of at least 4 members (excludes halogenated alkanes) is 4. The molecule has 0 aromatic heterocycles. The Hall–Kier alpha value is -0.590. The molecule has 0 aromatic rings. The summed E-state index contributed by atoms with van der Waals surface area (Å²) in [4.78, 5) is 0. The van der Waals surface area contributed by atoms with Gasteiger partial charge in [-0.3, -0.25) is 5.32 Å². The molecule has 0 saturated carbocycles. The first-order valence-electron chi connectivity index (χ1n) is 8.35. The summed E-state index contributed by atoms with van der Waals surface area (Å²) >= 11 is 0. The monoisotopic (exact) mass is 282 g/mol. The standard InChI is InChI=1S/C17H34N2O/c1-5-7-8-9-12-16(3)20-14-11-10-13-17(4,15-18)19-6-2/h16,19H,5-14H2,1-4H3. The van der Waals surface area contributed by atoms with Gasteiger partial charge in [0.15, 0.2) is 0 Å². The van der Waals surface area contributed by atoms with Crippen molar-refractivity contribution in [2.45, 2.75) is 90.7 Å². The Morgan fingerprint density at radius 3 is 2.50 bits per heavy atom. The molecule has 0 fully saturated rings. The second-order valence-corrected chi connectivity index (χ2v) is 5.96. The highest BCUT2D eigenvalue weighted by Gasteiger charge is 2.21. The molecule has 0 aromatic carbocycles. The molecular weight excluding hydrogens is 248 g/mol. The van der Waals surface area contributed by atoms with Crippen LogP contribution in [0, 0.1) is 11.3 Å². The van der Waals surface area contributed by atoms with Crippen molar-refractivity contribution in [3.8, 4) is 6.07 Å². The van der Waals surface area contributed by atoms with Crippen molar-refractivity contribution in [3.63, 3.8) is 0 Å². The Morgan fingerprint density at radius 1 is 1.15 bits per heavy atom. The summed E-state index contributed by atoms with van der Waals surface area (Å²) < 4.78 is 5.83. The first-order chi connectivity index (χ1) is 9.58. The van der Waals surface area contributed by atoms with Gasteiger partial charge in [-0.2, -0.15) is 5.26 Å². The summed E-state index contributed by atoms with van der Waals surface area (Å²) in [5.41, 5.74) is -0.374. The lowest BCUT2D eigenvalue weighted by molar-refractivity contribution is 0.0552. The second-order valence-electron chi connectivity index (χ2n) is 5.96. The van der Waals surface area contributed by atoms with Gasteiger partial charge in [-0.05, 0) is 46.1 Å². The van der Waals surface area contributed by atoms with Gasteiger partial charge in [0.05, 0.1) is 12.2 Å². The summed E-state index contributed by atoms with van der Waals surface area (Å²) in [6.07, 6.45) is 9.77. The fourth-order valence-electron chi connectivity index (χ4n) is 2.38. The SMILES string of the molecule is CCCCCCC(C)OCCCCC(C)(C#N)NCC. The van der Waals surface area contributed by atoms with Crippen LogP contribution in [0.3, 0.4) is 0 Å². The van der Waals surface area contributed by atoms with E-state index in [0.29, 0.717) is 6.10 Å². The lowest BCUT2D eigenvalue weighted by Crippen LogP contribution is -2.40. The molecule has 0 aliphatic rings. The van der Waals surface area contributed by atoms with Crippen LogP contribution < -0.4 is 5.32 Å². The normalized spacial score (nSPS) is 15.6. The van der Waals surface area contributed by atoms with Crippen LogP contribution in [-0.2, 0) is 4.74 Å². The third kappa shape index (κ3) is 10.2. The van der Waals surface area contributed by atoms with Crippen LogP contribution in [0.5, 0.6) is 0 Å². The van der Waals surface area contributed by atoms with Gasteiger partial charge in [0.25, 0.3) is 0 Å². The van der Waals surface area contributed by atoms with E-state index in [1.807, 2.05) is 13.8 Å². The second kappa shape index (κ2) is 12.2. The van der Waals surface area contributed by atoms with Crippen LogP contribution in [0.2, 0.25) is 0 Å². The molecule has 118 valence electrons. The molecule has 0 radical (unpaired) electrons. The number of nitrogens with zero attached hydrogens (tertiary/aromatic N) is 1. The van der Waals surface area contributed by atoms with Gasteiger partial charge in [0.1, 0.15) is 5.54 Å². The molecule has 3 heteroatoms. The highest BCUT2D eigenvalue weighted by Crippen LogP contribution is 2.13. The number of hydrogen-bond donors (Lipinski definition) is 1. The summed E-state index contributed by atoms with van der Waals surface area (Å²) in [5.74, 6) is 0. The quantitative estimate of drug-likeness (QED) is 0.508.